The van der Waals surface area contributed by atoms with Gasteiger partial charge in [0.25, 0.3) is 0 Å². The SMILES string of the molecule is O=C(NCC1(c2ccccc2)CC1)C1(n2cccn2)CCNCC1. The maximum atomic E-state index is 13.1. The van der Waals surface area contributed by atoms with Crippen molar-refractivity contribution in [3.05, 3.63) is 54.4 Å². The van der Waals surface area contributed by atoms with Crippen molar-refractivity contribution in [2.24, 2.45) is 0 Å². The molecule has 1 aliphatic carbocycles. The predicted octanol–water partition coefficient (Wildman–Crippen LogP) is 1.81. The van der Waals surface area contributed by atoms with Gasteiger partial charge in [0.2, 0.25) is 5.91 Å². The summed E-state index contributed by atoms with van der Waals surface area (Å²) in [7, 11) is 0. The van der Waals surface area contributed by atoms with Crippen LogP contribution in [0.1, 0.15) is 31.2 Å². The van der Waals surface area contributed by atoms with Gasteiger partial charge in [0.05, 0.1) is 0 Å². The molecule has 1 aliphatic heterocycles. The molecule has 1 saturated carbocycles. The second-order valence-corrected chi connectivity index (χ2v) is 7.06. The highest BCUT2D eigenvalue weighted by molar-refractivity contribution is 5.84. The first-order chi connectivity index (χ1) is 11.8. The fourth-order valence-electron chi connectivity index (χ4n) is 3.85. The summed E-state index contributed by atoms with van der Waals surface area (Å²) >= 11 is 0. The molecule has 1 aromatic heterocycles. The van der Waals surface area contributed by atoms with E-state index in [9.17, 15) is 4.79 Å². The third-order valence-corrected chi connectivity index (χ3v) is 5.62. The number of rotatable bonds is 5. The lowest BCUT2D eigenvalue weighted by Crippen LogP contribution is -2.55. The van der Waals surface area contributed by atoms with Gasteiger partial charge >= 0.3 is 0 Å². The molecule has 1 aromatic carbocycles. The van der Waals surface area contributed by atoms with Crippen molar-refractivity contribution < 1.29 is 4.79 Å². The average Bonchev–Trinajstić information content (AvgIpc) is 3.23. The van der Waals surface area contributed by atoms with Crippen LogP contribution in [0.15, 0.2) is 48.8 Å². The molecule has 2 fully saturated rings. The molecule has 2 heterocycles. The predicted molar refractivity (Wildman–Crippen MR) is 92.7 cm³/mol. The van der Waals surface area contributed by atoms with Crippen LogP contribution < -0.4 is 10.6 Å². The van der Waals surface area contributed by atoms with Gasteiger partial charge in [-0.3, -0.25) is 9.48 Å². The number of nitrogens with one attached hydrogen (secondary N) is 2. The van der Waals surface area contributed by atoms with Crippen LogP contribution in [-0.4, -0.2) is 35.3 Å². The van der Waals surface area contributed by atoms with Crippen LogP contribution >= 0.6 is 0 Å². The fourth-order valence-corrected chi connectivity index (χ4v) is 3.85. The summed E-state index contributed by atoms with van der Waals surface area (Å²) in [5.41, 5.74) is 0.917. The fraction of sp³-hybridized carbons (Fsp3) is 0.474. The summed E-state index contributed by atoms with van der Waals surface area (Å²) in [4.78, 5) is 13.1. The van der Waals surface area contributed by atoms with Crippen molar-refractivity contribution >= 4 is 5.91 Å². The second kappa shape index (κ2) is 6.06. The minimum absolute atomic E-state index is 0.106. The van der Waals surface area contributed by atoms with E-state index in [2.05, 4.69) is 40.0 Å². The maximum absolute atomic E-state index is 13.1. The highest BCUT2D eigenvalue weighted by Gasteiger charge is 2.47. The van der Waals surface area contributed by atoms with Gasteiger partial charge in [0, 0.05) is 24.4 Å². The number of aromatic nitrogens is 2. The van der Waals surface area contributed by atoms with E-state index >= 15 is 0 Å². The molecular formula is C19H24N4O. The Kier molecular flexibility index (Phi) is 3.88. The molecule has 2 aliphatic rings. The number of amides is 1. The van der Waals surface area contributed by atoms with E-state index in [1.165, 1.54) is 5.56 Å². The normalized spacial score (nSPS) is 21.2. The Morgan fingerprint density at radius 2 is 1.88 bits per heavy atom. The Labute approximate surface area is 142 Å². The molecule has 5 heteroatoms. The molecule has 24 heavy (non-hydrogen) atoms. The van der Waals surface area contributed by atoms with Crippen molar-refractivity contribution in [3.8, 4) is 0 Å². The van der Waals surface area contributed by atoms with E-state index in [0.29, 0.717) is 6.54 Å². The molecule has 5 nitrogen and oxygen atoms in total. The molecule has 4 rings (SSSR count). The van der Waals surface area contributed by atoms with Crippen LogP contribution in [0.4, 0.5) is 0 Å². The van der Waals surface area contributed by atoms with Gasteiger partial charge in [-0.05, 0) is 50.4 Å². The number of hydrogen-bond acceptors (Lipinski definition) is 3. The molecule has 0 radical (unpaired) electrons. The van der Waals surface area contributed by atoms with E-state index in [4.69, 9.17) is 0 Å². The Hall–Kier alpha value is -2.14. The van der Waals surface area contributed by atoms with Crippen molar-refractivity contribution in [2.45, 2.75) is 36.6 Å². The zero-order valence-corrected chi connectivity index (χ0v) is 13.9. The molecule has 1 saturated heterocycles. The largest absolute Gasteiger partial charge is 0.353 e. The highest BCUT2D eigenvalue weighted by atomic mass is 16.2. The lowest BCUT2D eigenvalue weighted by atomic mass is 9.87. The summed E-state index contributed by atoms with van der Waals surface area (Å²) in [6, 6.07) is 12.4. The van der Waals surface area contributed by atoms with E-state index < -0.39 is 5.54 Å². The zero-order chi connectivity index (χ0) is 16.5. The Balaban J connectivity index is 1.50. The molecule has 0 atom stereocenters. The third-order valence-electron chi connectivity index (χ3n) is 5.62. The van der Waals surface area contributed by atoms with E-state index in [-0.39, 0.29) is 11.3 Å². The van der Waals surface area contributed by atoms with E-state index in [1.54, 1.807) is 6.20 Å². The first-order valence-electron chi connectivity index (χ1n) is 8.80. The first kappa shape index (κ1) is 15.4. The van der Waals surface area contributed by atoms with Crippen LogP contribution in [0.2, 0.25) is 0 Å². The van der Waals surface area contributed by atoms with Crippen molar-refractivity contribution in [1.82, 2.24) is 20.4 Å². The second-order valence-electron chi connectivity index (χ2n) is 7.06. The molecular weight excluding hydrogens is 300 g/mol. The van der Waals surface area contributed by atoms with Crippen molar-refractivity contribution in [1.29, 1.82) is 0 Å². The van der Waals surface area contributed by atoms with Gasteiger partial charge in [0.15, 0.2) is 0 Å². The maximum Gasteiger partial charge on any atom is 0.248 e. The van der Waals surface area contributed by atoms with Gasteiger partial charge in [-0.1, -0.05) is 30.3 Å². The molecule has 0 bridgehead atoms. The van der Waals surface area contributed by atoms with Crippen LogP contribution in [0.5, 0.6) is 0 Å². The first-order valence-corrected chi connectivity index (χ1v) is 8.80. The van der Waals surface area contributed by atoms with Crippen molar-refractivity contribution in [2.75, 3.05) is 19.6 Å². The number of piperidine rings is 1. The minimum atomic E-state index is -0.554. The Morgan fingerprint density at radius 1 is 1.12 bits per heavy atom. The lowest BCUT2D eigenvalue weighted by Gasteiger charge is -2.37. The molecule has 1 amide bonds. The number of benzene rings is 1. The van der Waals surface area contributed by atoms with Crippen LogP contribution in [0, 0.1) is 0 Å². The van der Waals surface area contributed by atoms with Gasteiger partial charge in [0.1, 0.15) is 5.54 Å². The Morgan fingerprint density at radius 3 is 2.50 bits per heavy atom. The molecule has 0 unspecified atom stereocenters. The standard InChI is InChI=1S/C19H24N4O/c24-17(19(9-12-20-13-10-19)23-14-4-11-22-23)21-15-18(7-8-18)16-5-2-1-3-6-16/h1-6,11,14,20H,7-10,12-13,15H2,(H,21,24). The van der Waals surface area contributed by atoms with Gasteiger partial charge in [-0.15, -0.1) is 0 Å². The van der Waals surface area contributed by atoms with Gasteiger partial charge in [-0.2, -0.15) is 5.10 Å². The summed E-state index contributed by atoms with van der Waals surface area (Å²) < 4.78 is 1.85. The number of hydrogen-bond donors (Lipinski definition) is 2. The van der Waals surface area contributed by atoms with Crippen LogP contribution in [0.25, 0.3) is 0 Å². The number of nitrogens with zero attached hydrogens (tertiary/aromatic N) is 2. The topological polar surface area (TPSA) is 59.0 Å². The lowest BCUT2D eigenvalue weighted by molar-refractivity contribution is -0.132. The average molecular weight is 324 g/mol. The third kappa shape index (κ3) is 2.63. The van der Waals surface area contributed by atoms with Crippen LogP contribution in [-0.2, 0) is 15.7 Å². The summed E-state index contributed by atoms with van der Waals surface area (Å²) in [6.45, 7) is 2.40. The number of carbonyl (C=O) groups is 1. The van der Waals surface area contributed by atoms with Gasteiger partial charge in [-0.25, -0.2) is 0 Å². The van der Waals surface area contributed by atoms with E-state index in [1.807, 2.05) is 23.0 Å². The van der Waals surface area contributed by atoms with Gasteiger partial charge < -0.3 is 10.6 Å². The zero-order valence-electron chi connectivity index (χ0n) is 13.9. The minimum Gasteiger partial charge on any atom is -0.353 e. The van der Waals surface area contributed by atoms with E-state index in [0.717, 1.165) is 38.8 Å². The molecule has 126 valence electrons. The quantitative estimate of drug-likeness (QED) is 0.882. The summed E-state index contributed by atoms with van der Waals surface area (Å²) in [6.07, 6.45) is 7.51. The highest BCUT2D eigenvalue weighted by Crippen LogP contribution is 2.47. The molecule has 2 aromatic rings. The van der Waals surface area contributed by atoms with Crippen molar-refractivity contribution in [3.63, 3.8) is 0 Å². The molecule has 2 N–H and O–H groups in total. The molecule has 0 spiro atoms. The smallest absolute Gasteiger partial charge is 0.248 e. The summed E-state index contributed by atoms with van der Waals surface area (Å²) in [5, 5.41) is 11.0. The van der Waals surface area contributed by atoms with Crippen LogP contribution in [0.3, 0.4) is 0 Å². The monoisotopic (exact) mass is 324 g/mol. The Bertz CT molecular complexity index is 685. The number of carbonyl (C=O) groups excluding carboxylic acids is 1. The summed E-state index contributed by atoms with van der Waals surface area (Å²) in [5.74, 6) is 0.106.